The molecule has 1 aromatic heterocycles. The highest BCUT2D eigenvalue weighted by atomic mass is 16.7. The summed E-state index contributed by atoms with van der Waals surface area (Å²) in [6.07, 6.45) is -1.15. The zero-order valence-corrected chi connectivity index (χ0v) is 14.6. The van der Waals surface area contributed by atoms with Gasteiger partial charge in [-0.05, 0) is 62.2 Å². The molecule has 0 bridgehead atoms. The Morgan fingerprint density at radius 3 is 2.22 bits per heavy atom. The number of nitrogens with zero attached hydrogens (tertiary/aromatic N) is 2. The van der Waals surface area contributed by atoms with Crippen LogP contribution in [0.1, 0.15) is 68.2 Å². The second-order valence-corrected chi connectivity index (χ2v) is 7.57. The molecular weight excluding hydrogens is 295 g/mol. The van der Waals surface area contributed by atoms with E-state index < -0.39 is 55.2 Å². The molecule has 2 rings (SSSR count). The first-order valence-corrected chi connectivity index (χ1v) is 7.40. The predicted octanol–water partition coefficient (Wildman–Crippen LogP) is 2.58. The number of carbonyl (C=O) groups is 1. The Balaban J connectivity index is 2.75. The number of ether oxygens (including phenoxy) is 1. The minimum Gasteiger partial charge on any atom is -0.443 e. The highest BCUT2D eigenvalue weighted by Gasteiger charge is 2.53. The number of hydrogen-bond acceptors (Lipinski definition) is 5. The van der Waals surface area contributed by atoms with Crippen LogP contribution in [0.2, 0.25) is 0 Å². The molecule has 0 saturated carbocycles. The topological polar surface area (TPSA) is 62.6 Å². The Hall–Kier alpha value is -1.34. The summed E-state index contributed by atoms with van der Waals surface area (Å²) < 4.78 is 64.5. The highest BCUT2D eigenvalue weighted by molar-refractivity contribution is 6.61. The normalized spacial score (nSPS) is 24.9. The minimum absolute atomic E-state index is 0.277. The highest BCUT2D eigenvalue weighted by Crippen LogP contribution is 2.36. The van der Waals surface area contributed by atoms with E-state index in [1.54, 1.807) is 48.5 Å². The van der Waals surface area contributed by atoms with Gasteiger partial charge in [0.25, 0.3) is 0 Å². The van der Waals surface area contributed by atoms with Crippen LogP contribution in [0.4, 0.5) is 4.79 Å². The Morgan fingerprint density at radius 2 is 1.78 bits per heavy atom. The molecular formula is C16H27BN2O4. The molecule has 6 nitrogen and oxygen atoms in total. The van der Waals surface area contributed by atoms with E-state index in [4.69, 9.17) is 22.3 Å². The molecule has 1 aromatic rings. The van der Waals surface area contributed by atoms with Gasteiger partial charge in [0.2, 0.25) is 0 Å². The molecule has 0 atom stereocenters. The molecule has 0 amide bonds. The van der Waals surface area contributed by atoms with Gasteiger partial charge in [-0.2, -0.15) is 0 Å². The average Bonchev–Trinajstić information content (AvgIpc) is 2.92. The molecule has 0 spiro atoms. The van der Waals surface area contributed by atoms with Crippen molar-refractivity contribution in [3.05, 3.63) is 11.5 Å². The molecule has 23 heavy (non-hydrogen) atoms. The van der Waals surface area contributed by atoms with Crippen molar-refractivity contribution in [2.24, 2.45) is 0 Å². The Morgan fingerprint density at radius 1 is 1.22 bits per heavy atom. The first-order valence-electron chi connectivity index (χ1n) is 10.4. The molecule has 0 unspecified atom stereocenters. The SMILES string of the molecule is [2H]C([2H])([2H])c1nc(B2OC(C)(C)C(C)(C)O2)c(C([2H])([2H])[2H])n1C(=O)OC(C)(C)C. The summed E-state index contributed by atoms with van der Waals surface area (Å²) in [4.78, 5) is 16.8. The minimum atomic E-state index is -2.88. The van der Waals surface area contributed by atoms with Crippen LogP contribution in [-0.4, -0.2) is 39.6 Å². The first kappa shape index (κ1) is 11.3. The maximum Gasteiger partial charge on any atom is 0.516 e. The van der Waals surface area contributed by atoms with Gasteiger partial charge >= 0.3 is 13.2 Å². The summed E-state index contributed by atoms with van der Waals surface area (Å²) in [5.41, 5.74) is -3.50. The van der Waals surface area contributed by atoms with E-state index in [0.29, 0.717) is 4.57 Å². The van der Waals surface area contributed by atoms with E-state index in [0.717, 1.165) is 0 Å². The lowest BCUT2D eigenvalue weighted by Gasteiger charge is -2.32. The summed E-state index contributed by atoms with van der Waals surface area (Å²) >= 11 is 0. The van der Waals surface area contributed by atoms with E-state index in [1.165, 1.54) is 0 Å². The second-order valence-electron chi connectivity index (χ2n) is 7.57. The molecule has 0 aromatic carbocycles. The van der Waals surface area contributed by atoms with Crippen LogP contribution in [0.25, 0.3) is 0 Å². The molecule has 1 saturated heterocycles. The number of imidazole rings is 1. The van der Waals surface area contributed by atoms with Gasteiger partial charge in [0, 0.05) is 13.9 Å². The van der Waals surface area contributed by atoms with Gasteiger partial charge in [-0.3, -0.25) is 0 Å². The molecule has 1 fully saturated rings. The maximum atomic E-state index is 12.8. The molecule has 0 aliphatic carbocycles. The van der Waals surface area contributed by atoms with E-state index in [-0.39, 0.29) is 5.59 Å². The Bertz CT molecular complexity index is 792. The number of aryl methyl sites for hydroxylation is 1. The molecule has 0 radical (unpaired) electrons. The fourth-order valence-electron chi connectivity index (χ4n) is 2.04. The number of hydrogen-bond donors (Lipinski definition) is 0. The number of carbonyl (C=O) groups excluding carboxylic acids is 1. The Kier molecular flexibility index (Phi) is 2.62. The molecule has 128 valence electrons. The third-order valence-corrected chi connectivity index (χ3v) is 3.96. The summed E-state index contributed by atoms with van der Waals surface area (Å²) in [5, 5.41) is 0. The largest absolute Gasteiger partial charge is 0.516 e. The molecule has 7 heteroatoms. The van der Waals surface area contributed by atoms with E-state index in [9.17, 15) is 4.79 Å². The van der Waals surface area contributed by atoms with Crippen LogP contribution >= 0.6 is 0 Å². The van der Waals surface area contributed by atoms with E-state index >= 15 is 0 Å². The summed E-state index contributed by atoms with van der Waals surface area (Å²) in [6, 6.07) is 0. The smallest absolute Gasteiger partial charge is 0.443 e. The fourth-order valence-corrected chi connectivity index (χ4v) is 2.04. The molecule has 1 aliphatic rings. The van der Waals surface area contributed by atoms with Crippen molar-refractivity contribution in [2.45, 2.75) is 79.0 Å². The lowest BCUT2D eigenvalue weighted by molar-refractivity contribution is 0.00578. The van der Waals surface area contributed by atoms with Crippen molar-refractivity contribution in [3.63, 3.8) is 0 Å². The fraction of sp³-hybridized carbons (Fsp3) is 0.750. The Labute approximate surface area is 147 Å². The van der Waals surface area contributed by atoms with Crippen molar-refractivity contribution in [3.8, 4) is 0 Å². The standard InChI is InChI=1S/C16H27BN2O4/c1-10-12(17-22-15(6,7)16(8,9)23-17)18-11(2)19(10)13(20)21-14(3,4)5/h1-9H3/i1D3,2D3. The van der Waals surface area contributed by atoms with Gasteiger partial charge in [0.05, 0.1) is 16.8 Å². The zero-order valence-electron chi connectivity index (χ0n) is 20.6. The van der Waals surface area contributed by atoms with Gasteiger partial charge in [0.15, 0.2) is 0 Å². The first-order chi connectivity index (χ1) is 12.7. The quantitative estimate of drug-likeness (QED) is 0.742. The van der Waals surface area contributed by atoms with Crippen LogP contribution in [0.15, 0.2) is 0 Å². The average molecular weight is 328 g/mol. The van der Waals surface area contributed by atoms with Crippen molar-refractivity contribution in [1.29, 1.82) is 0 Å². The van der Waals surface area contributed by atoms with Crippen molar-refractivity contribution in [2.75, 3.05) is 0 Å². The van der Waals surface area contributed by atoms with Crippen LogP contribution in [0.5, 0.6) is 0 Å². The van der Waals surface area contributed by atoms with E-state index in [2.05, 4.69) is 4.98 Å². The molecule has 0 N–H and O–H groups in total. The van der Waals surface area contributed by atoms with Crippen molar-refractivity contribution < 1.29 is 27.1 Å². The second kappa shape index (κ2) is 5.35. The third kappa shape index (κ3) is 3.31. The summed E-state index contributed by atoms with van der Waals surface area (Å²) in [7, 11) is -1.26. The molecule has 1 aliphatic heterocycles. The number of aromatic nitrogens is 2. The summed E-state index contributed by atoms with van der Waals surface area (Å²) in [6.45, 7) is 6.04. The van der Waals surface area contributed by atoms with Gasteiger partial charge in [-0.25, -0.2) is 14.3 Å². The predicted molar refractivity (Wildman–Crippen MR) is 89.0 cm³/mol. The van der Waals surface area contributed by atoms with Crippen molar-refractivity contribution in [1.82, 2.24) is 9.55 Å². The molecule has 2 heterocycles. The van der Waals surface area contributed by atoms with E-state index in [1.807, 2.05) is 0 Å². The van der Waals surface area contributed by atoms with Crippen LogP contribution in [0, 0.1) is 13.7 Å². The third-order valence-electron chi connectivity index (χ3n) is 3.96. The lowest BCUT2D eigenvalue weighted by atomic mass is 9.83. The zero-order chi connectivity index (χ0) is 22.8. The van der Waals surface area contributed by atoms with Gasteiger partial charge < -0.3 is 14.0 Å². The maximum absolute atomic E-state index is 12.8. The van der Waals surface area contributed by atoms with Gasteiger partial charge in [-0.15, -0.1) is 0 Å². The van der Waals surface area contributed by atoms with Gasteiger partial charge in [0.1, 0.15) is 11.4 Å². The van der Waals surface area contributed by atoms with Crippen LogP contribution in [-0.2, 0) is 14.0 Å². The van der Waals surface area contributed by atoms with Crippen LogP contribution < -0.4 is 5.59 Å². The van der Waals surface area contributed by atoms with Crippen molar-refractivity contribution >= 4 is 18.8 Å². The van der Waals surface area contributed by atoms with Gasteiger partial charge in [-0.1, -0.05) is 0 Å². The monoisotopic (exact) mass is 328 g/mol. The number of rotatable bonds is 1. The van der Waals surface area contributed by atoms with Crippen LogP contribution in [0.3, 0.4) is 0 Å². The summed E-state index contributed by atoms with van der Waals surface area (Å²) in [5.74, 6) is -0.720. The lowest BCUT2D eigenvalue weighted by Crippen LogP contribution is -2.41.